The van der Waals surface area contributed by atoms with Crippen molar-refractivity contribution in [2.24, 2.45) is 0 Å². The molecular weight excluding hydrogens is 711 g/mol. The molecule has 0 saturated carbocycles. The van der Waals surface area contributed by atoms with E-state index in [1.165, 1.54) is 23.2 Å². The van der Waals surface area contributed by atoms with E-state index in [0.717, 1.165) is 12.1 Å². The quantitative estimate of drug-likeness (QED) is 0.163. The van der Waals surface area contributed by atoms with E-state index in [2.05, 4.69) is 26.4 Å². The van der Waals surface area contributed by atoms with Crippen LogP contribution in [-0.4, -0.2) is 88.3 Å². The highest BCUT2D eigenvalue weighted by Gasteiger charge is 2.32. The molecule has 0 radical (unpaired) electrons. The number of hydrazine groups is 1. The van der Waals surface area contributed by atoms with Crippen LogP contribution < -0.4 is 21.4 Å². The molecule has 3 aromatic rings. The van der Waals surface area contributed by atoms with Gasteiger partial charge in [0.15, 0.2) is 0 Å². The van der Waals surface area contributed by atoms with Crippen LogP contribution in [0.5, 0.6) is 0 Å². The molecule has 1 unspecified atom stereocenters. The van der Waals surface area contributed by atoms with Crippen LogP contribution >= 0.6 is 0 Å². The van der Waals surface area contributed by atoms with Gasteiger partial charge in [-0.1, -0.05) is 37.3 Å². The number of carbonyl (C=O) groups excluding carboxylic acids is 5. The first kappa shape index (κ1) is 42.8. The standard InChI is InChI=1S/C37H48F3N7O7/c1-8-18-46(19-17-41-33(51)53-35(2,3)4)30(48)23-47(45-34(52)54-36(5,6)7)32(50)44-29(20-24-13-15-26(16-14-24)37(38,39)40)31(49)43-27-21-25-11-9-10-12-28(25)42-22-27/h9-16,21-22,29H,8,17-20,23H2,1-7H3,(H,41,51)(H,43,49)(H,44,50)(H,45,52). The van der Waals surface area contributed by atoms with E-state index in [1.54, 1.807) is 71.9 Å². The molecule has 0 bridgehead atoms. The number of anilines is 1. The summed E-state index contributed by atoms with van der Waals surface area (Å²) < 4.78 is 50.4. The van der Waals surface area contributed by atoms with Crippen molar-refractivity contribution < 1.29 is 46.6 Å². The second kappa shape index (κ2) is 18.4. The summed E-state index contributed by atoms with van der Waals surface area (Å²) in [6, 6.07) is 10.4. The fourth-order valence-electron chi connectivity index (χ4n) is 4.92. The van der Waals surface area contributed by atoms with Gasteiger partial charge in [-0.15, -0.1) is 0 Å². The molecule has 4 N–H and O–H groups in total. The lowest BCUT2D eigenvalue weighted by Crippen LogP contribution is -2.58. The Kier molecular flexibility index (Phi) is 14.6. The lowest BCUT2D eigenvalue weighted by Gasteiger charge is -2.30. The summed E-state index contributed by atoms with van der Waals surface area (Å²) in [6.45, 7) is 11.3. The number of carbonyl (C=O) groups is 5. The Labute approximate surface area is 312 Å². The van der Waals surface area contributed by atoms with Crippen molar-refractivity contribution in [1.82, 2.24) is 31.0 Å². The lowest BCUT2D eigenvalue weighted by atomic mass is 10.0. The second-order valence-electron chi connectivity index (χ2n) is 14.3. The largest absolute Gasteiger partial charge is 0.444 e. The molecule has 294 valence electrons. The molecule has 0 saturated heterocycles. The Morgan fingerprint density at radius 2 is 1.48 bits per heavy atom. The van der Waals surface area contributed by atoms with Crippen LogP contribution in [-0.2, 0) is 31.7 Å². The normalized spacial score (nSPS) is 12.3. The molecule has 2 aromatic carbocycles. The zero-order valence-corrected chi connectivity index (χ0v) is 31.4. The molecule has 6 amide bonds. The number of pyridine rings is 1. The van der Waals surface area contributed by atoms with Gasteiger partial charge in [-0.05, 0) is 77.8 Å². The van der Waals surface area contributed by atoms with E-state index >= 15 is 0 Å². The number of hydrogen-bond donors (Lipinski definition) is 4. The van der Waals surface area contributed by atoms with Crippen LogP contribution in [0, 0.1) is 0 Å². The van der Waals surface area contributed by atoms with Crippen LogP contribution in [0.4, 0.5) is 33.2 Å². The minimum absolute atomic E-state index is 0.0192. The smallest absolute Gasteiger partial charge is 0.426 e. The van der Waals surface area contributed by atoms with Crippen LogP contribution in [0.3, 0.4) is 0 Å². The Morgan fingerprint density at radius 1 is 0.852 bits per heavy atom. The van der Waals surface area contributed by atoms with E-state index in [1.807, 2.05) is 6.92 Å². The first-order valence-corrected chi connectivity index (χ1v) is 17.3. The minimum atomic E-state index is -4.59. The second-order valence-corrected chi connectivity index (χ2v) is 14.3. The van der Waals surface area contributed by atoms with E-state index in [4.69, 9.17) is 9.47 Å². The molecule has 3 rings (SSSR count). The number of para-hydroxylation sites is 1. The first-order chi connectivity index (χ1) is 25.1. The summed E-state index contributed by atoms with van der Waals surface area (Å²) in [7, 11) is 0. The summed E-state index contributed by atoms with van der Waals surface area (Å²) in [5, 5.41) is 9.12. The monoisotopic (exact) mass is 759 g/mol. The van der Waals surface area contributed by atoms with Crippen LogP contribution in [0.2, 0.25) is 0 Å². The topological polar surface area (TPSA) is 171 Å². The molecule has 1 aromatic heterocycles. The van der Waals surface area contributed by atoms with Gasteiger partial charge >= 0.3 is 24.4 Å². The summed E-state index contributed by atoms with van der Waals surface area (Å²) in [5.41, 5.74) is 0.845. The van der Waals surface area contributed by atoms with Crippen molar-refractivity contribution in [3.63, 3.8) is 0 Å². The molecule has 1 heterocycles. The molecule has 0 aliphatic rings. The molecule has 14 nitrogen and oxygen atoms in total. The number of halogens is 3. The van der Waals surface area contributed by atoms with E-state index < -0.39 is 65.6 Å². The van der Waals surface area contributed by atoms with Crippen LogP contribution in [0.15, 0.2) is 60.8 Å². The van der Waals surface area contributed by atoms with Crippen molar-refractivity contribution in [2.75, 3.05) is 31.5 Å². The molecule has 1 atom stereocenters. The number of nitrogens with zero attached hydrogens (tertiary/aromatic N) is 3. The predicted molar refractivity (Wildman–Crippen MR) is 195 cm³/mol. The van der Waals surface area contributed by atoms with Gasteiger partial charge in [0, 0.05) is 31.4 Å². The number of aromatic nitrogens is 1. The van der Waals surface area contributed by atoms with Crippen molar-refractivity contribution in [1.29, 1.82) is 0 Å². The van der Waals surface area contributed by atoms with Crippen molar-refractivity contribution in [2.45, 2.75) is 84.7 Å². The highest BCUT2D eigenvalue weighted by Crippen LogP contribution is 2.29. The molecule has 17 heteroatoms. The number of hydrogen-bond acceptors (Lipinski definition) is 8. The van der Waals surface area contributed by atoms with Crippen LogP contribution in [0.25, 0.3) is 10.9 Å². The summed E-state index contributed by atoms with van der Waals surface area (Å²) in [5.74, 6) is -1.38. The third-order valence-corrected chi connectivity index (χ3v) is 7.25. The van der Waals surface area contributed by atoms with E-state index in [-0.39, 0.29) is 37.3 Å². The number of rotatable bonds is 12. The Hall–Kier alpha value is -5.61. The number of benzene rings is 2. The zero-order valence-electron chi connectivity index (χ0n) is 31.4. The summed E-state index contributed by atoms with van der Waals surface area (Å²) >= 11 is 0. The van der Waals surface area contributed by atoms with E-state index in [9.17, 15) is 37.1 Å². The maximum absolute atomic E-state index is 13.9. The Balaban J connectivity index is 1.88. The van der Waals surface area contributed by atoms with Gasteiger partial charge < -0.3 is 30.3 Å². The number of amides is 6. The average molecular weight is 760 g/mol. The average Bonchev–Trinajstić information content (AvgIpc) is 3.05. The van der Waals surface area contributed by atoms with E-state index in [0.29, 0.717) is 22.3 Å². The van der Waals surface area contributed by atoms with Gasteiger partial charge in [-0.2, -0.15) is 13.2 Å². The van der Waals surface area contributed by atoms with Crippen molar-refractivity contribution in [3.8, 4) is 0 Å². The maximum atomic E-state index is 13.9. The van der Waals surface area contributed by atoms with Crippen molar-refractivity contribution >= 4 is 46.6 Å². The van der Waals surface area contributed by atoms with Gasteiger partial charge in [0.1, 0.15) is 23.8 Å². The number of urea groups is 1. The molecule has 0 fully saturated rings. The maximum Gasteiger partial charge on any atom is 0.426 e. The van der Waals surface area contributed by atoms with Gasteiger partial charge in [-0.3, -0.25) is 14.6 Å². The molecule has 0 aliphatic heterocycles. The number of nitrogens with one attached hydrogen (secondary N) is 4. The minimum Gasteiger partial charge on any atom is -0.444 e. The van der Waals surface area contributed by atoms with Gasteiger partial charge in [0.2, 0.25) is 11.8 Å². The molecule has 54 heavy (non-hydrogen) atoms. The Morgan fingerprint density at radius 3 is 2.09 bits per heavy atom. The lowest BCUT2D eigenvalue weighted by molar-refractivity contribution is -0.137. The summed E-state index contributed by atoms with van der Waals surface area (Å²) in [6.07, 6.45) is -4.70. The van der Waals surface area contributed by atoms with Crippen molar-refractivity contribution in [3.05, 3.63) is 71.9 Å². The molecule has 0 aliphatic carbocycles. The molecular formula is C37H48F3N7O7. The number of alkyl halides is 3. The number of fused-ring (bicyclic) bond motifs is 1. The SMILES string of the molecule is CCCN(CCNC(=O)OC(C)(C)C)C(=O)CN(NC(=O)OC(C)(C)C)C(=O)NC(Cc1ccc(C(F)(F)F)cc1)C(=O)Nc1cnc2ccccc2c1. The molecule has 0 spiro atoms. The van der Waals surface area contributed by atoms with Gasteiger partial charge in [-0.25, -0.2) is 24.8 Å². The highest BCUT2D eigenvalue weighted by atomic mass is 19.4. The fraction of sp³-hybridized carbons (Fsp3) is 0.459. The first-order valence-electron chi connectivity index (χ1n) is 17.3. The summed E-state index contributed by atoms with van der Waals surface area (Å²) in [4.78, 5) is 71.9. The van der Waals surface area contributed by atoms with Gasteiger partial charge in [0.05, 0.1) is 23.0 Å². The zero-order chi connectivity index (χ0) is 40.3. The van der Waals surface area contributed by atoms with Gasteiger partial charge in [0.25, 0.3) is 0 Å². The highest BCUT2D eigenvalue weighted by molar-refractivity contribution is 5.99. The Bertz CT molecular complexity index is 1770. The fourth-order valence-corrected chi connectivity index (χ4v) is 4.92. The predicted octanol–water partition coefficient (Wildman–Crippen LogP) is 6.02. The third kappa shape index (κ3) is 14.4. The van der Waals surface area contributed by atoms with Crippen LogP contribution in [0.1, 0.15) is 66.0 Å². The number of ether oxygens (including phenoxy) is 2. The third-order valence-electron chi connectivity index (χ3n) is 7.25. The number of alkyl carbamates (subject to hydrolysis) is 1.